The first-order chi connectivity index (χ1) is 10.2. The smallest absolute Gasteiger partial charge is 0.182 e. The number of benzene rings is 1. The summed E-state index contributed by atoms with van der Waals surface area (Å²) in [6, 6.07) is 4.70. The van der Waals surface area contributed by atoms with Crippen molar-refractivity contribution in [3.63, 3.8) is 0 Å². The Bertz CT molecular complexity index is 624. The monoisotopic (exact) mass is 291 g/mol. The van der Waals surface area contributed by atoms with Crippen LogP contribution in [-0.4, -0.2) is 33.4 Å². The molecule has 0 radical (unpaired) electrons. The predicted octanol–water partition coefficient (Wildman–Crippen LogP) is 2.05. The number of nitrogens with two attached hydrogens (primary N) is 1. The van der Waals surface area contributed by atoms with E-state index >= 15 is 0 Å². The van der Waals surface area contributed by atoms with Crippen LogP contribution in [0, 0.1) is 11.7 Å². The Morgan fingerprint density at radius 2 is 2.14 bits per heavy atom. The zero-order chi connectivity index (χ0) is 14.8. The lowest BCUT2D eigenvalue weighted by Crippen LogP contribution is -2.25. The highest BCUT2D eigenvalue weighted by atomic mass is 19.1. The maximum atomic E-state index is 13.3. The van der Waals surface area contributed by atoms with Crippen molar-refractivity contribution in [1.82, 2.24) is 20.2 Å². The van der Waals surface area contributed by atoms with Crippen molar-refractivity contribution in [2.45, 2.75) is 25.8 Å². The molecule has 0 saturated carbocycles. The number of rotatable bonds is 3. The molecule has 1 aromatic carbocycles. The topological polar surface area (TPSA) is 78.8 Å². The Morgan fingerprint density at radius 1 is 1.38 bits per heavy atom. The summed E-state index contributed by atoms with van der Waals surface area (Å²) in [6.45, 7) is 3.65. The van der Waals surface area contributed by atoms with E-state index in [-0.39, 0.29) is 11.7 Å². The van der Waals surface area contributed by atoms with Gasteiger partial charge in [-0.1, -0.05) is 0 Å². The highest BCUT2D eigenvalue weighted by molar-refractivity contribution is 5.61. The molecule has 3 rings (SSSR count). The minimum atomic E-state index is -0.435. The molecule has 2 aromatic rings. The lowest BCUT2D eigenvalue weighted by molar-refractivity contribution is 0.0495. The number of anilines is 1. The van der Waals surface area contributed by atoms with Gasteiger partial charge in [-0.05, 0) is 54.3 Å². The van der Waals surface area contributed by atoms with Crippen molar-refractivity contribution in [2.75, 3.05) is 18.9 Å². The van der Waals surface area contributed by atoms with E-state index in [4.69, 9.17) is 10.5 Å². The summed E-state index contributed by atoms with van der Waals surface area (Å²) in [5, 5.41) is 11.9. The van der Waals surface area contributed by atoms with Gasteiger partial charge in [0.25, 0.3) is 0 Å². The van der Waals surface area contributed by atoms with Crippen molar-refractivity contribution in [2.24, 2.45) is 5.92 Å². The molecule has 21 heavy (non-hydrogen) atoms. The van der Waals surface area contributed by atoms with Crippen LogP contribution in [0.15, 0.2) is 18.2 Å². The van der Waals surface area contributed by atoms with Gasteiger partial charge in [-0.3, -0.25) is 0 Å². The van der Waals surface area contributed by atoms with Gasteiger partial charge in [0.05, 0.1) is 11.7 Å². The summed E-state index contributed by atoms with van der Waals surface area (Å²) in [6.07, 6.45) is 1.98. The highest BCUT2D eigenvalue weighted by Gasteiger charge is 2.25. The van der Waals surface area contributed by atoms with Crippen molar-refractivity contribution in [1.29, 1.82) is 0 Å². The van der Waals surface area contributed by atoms with Gasteiger partial charge in [-0.15, -0.1) is 5.10 Å². The van der Waals surface area contributed by atoms with E-state index in [2.05, 4.69) is 22.4 Å². The molecule has 1 aliphatic heterocycles. The molecule has 7 heteroatoms. The average molecular weight is 291 g/mol. The van der Waals surface area contributed by atoms with Crippen molar-refractivity contribution in [3.8, 4) is 11.4 Å². The zero-order valence-corrected chi connectivity index (χ0v) is 11.9. The molecule has 1 atom stereocenters. The first-order valence-corrected chi connectivity index (χ1v) is 7.08. The SMILES string of the molecule is CC(C1CCOCC1)n1nnnc1-c1ccc(F)c(N)c1. The molecule has 1 aromatic heterocycles. The van der Waals surface area contributed by atoms with Gasteiger partial charge in [0, 0.05) is 18.8 Å². The van der Waals surface area contributed by atoms with Crippen LogP contribution >= 0.6 is 0 Å². The molecule has 112 valence electrons. The number of tetrazole rings is 1. The number of halogens is 1. The largest absolute Gasteiger partial charge is 0.396 e. The van der Waals surface area contributed by atoms with Crippen LogP contribution in [0.2, 0.25) is 0 Å². The van der Waals surface area contributed by atoms with Crippen LogP contribution in [0.4, 0.5) is 10.1 Å². The molecule has 0 spiro atoms. The minimum Gasteiger partial charge on any atom is -0.396 e. The Labute approximate surface area is 122 Å². The van der Waals surface area contributed by atoms with Gasteiger partial charge in [0.15, 0.2) is 5.82 Å². The second kappa shape index (κ2) is 5.77. The number of hydrogen-bond acceptors (Lipinski definition) is 5. The number of nitrogens with zero attached hydrogens (tertiary/aromatic N) is 4. The third kappa shape index (κ3) is 2.73. The Morgan fingerprint density at radius 3 is 2.86 bits per heavy atom. The molecule has 6 nitrogen and oxygen atoms in total. The molecule has 1 unspecified atom stereocenters. The summed E-state index contributed by atoms with van der Waals surface area (Å²) in [4.78, 5) is 0. The van der Waals surface area contributed by atoms with Crippen molar-refractivity contribution < 1.29 is 9.13 Å². The molecule has 1 fully saturated rings. The second-order valence-corrected chi connectivity index (χ2v) is 5.37. The van der Waals surface area contributed by atoms with Crippen LogP contribution in [0.5, 0.6) is 0 Å². The van der Waals surface area contributed by atoms with Crippen LogP contribution in [0.3, 0.4) is 0 Å². The summed E-state index contributed by atoms with van der Waals surface area (Å²) in [5.74, 6) is 0.648. The van der Waals surface area contributed by atoms with Gasteiger partial charge >= 0.3 is 0 Å². The second-order valence-electron chi connectivity index (χ2n) is 5.37. The standard InChI is InChI=1S/C14H18FN5O/c1-9(10-4-6-21-7-5-10)20-14(17-18-19-20)11-2-3-12(15)13(16)8-11/h2-3,8-10H,4-7,16H2,1H3. The van der Waals surface area contributed by atoms with Gasteiger partial charge in [0.2, 0.25) is 0 Å². The molecular weight excluding hydrogens is 273 g/mol. The van der Waals surface area contributed by atoms with E-state index in [0.29, 0.717) is 11.7 Å². The fourth-order valence-corrected chi connectivity index (χ4v) is 2.74. The molecule has 2 N–H and O–H groups in total. The fraction of sp³-hybridized carbons (Fsp3) is 0.500. The molecule has 1 aliphatic rings. The summed E-state index contributed by atoms with van der Waals surface area (Å²) in [5.41, 5.74) is 6.44. The quantitative estimate of drug-likeness (QED) is 0.876. The van der Waals surface area contributed by atoms with Gasteiger partial charge in [0.1, 0.15) is 5.82 Å². The van der Waals surface area contributed by atoms with Crippen molar-refractivity contribution >= 4 is 5.69 Å². The van der Waals surface area contributed by atoms with E-state index in [1.807, 2.05) is 0 Å². The maximum absolute atomic E-state index is 13.3. The van der Waals surface area contributed by atoms with Gasteiger partial charge in [-0.2, -0.15) is 0 Å². The van der Waals surface area contributed by atoms with Crippen LogP contribution in [0.1, 0.15) is 25.8 Å². The van der Waals surface area contributed by atoms with E-state index in [9.17, 15) is 4.39 Å². The third-order valence-corrected chi connectivity index (χ3v) is 4.08. The van der Waals surface area contributed by atoms with Gasteiger partial charge < -0.3 is 10.5 Å². The highest BCUT2D eigenvalue weighted by Crippen LogP contribution is 2.30. The molecule has 0 bridgehead atoms. The van der Waals surface area contributed by atoms with E-state index in [1.165, 1.54) is 6.07 Å². The van der Waals surface area contributed by atoms with Crippen LogP contribution in [0.25, 0.3) is 11.4 Å². The zero-order valence-electron chi connectivity index (χ0n) is 11.9. The van der Waals surface area contributed by atoms with Crippen molar-refractivity contribution in [3.05, 3.63) is 24.0 Å². The first-order valence-electron chi connectivity index (χ1n) is 7.08. The van der Waals surface area contributed by atoms with Crippen LogP contribution < -0.4 is 5.73 Å². The average Bonchev–Trinajstić information content (AvgIpc) is 2.99. The van der Waals surface area contributed by atoms with Crippen LogP contribution in [-0.2, 0) is 4.74 Å². The Kier molecular flexibility index (Phi) is 3.83. The summed E-state index contributed by atoms with van der Waals surface area (Å²) in [7, 11) is 0. The lowest BCUT2D eigenvalue weighted by Gasteiger charge is -2.28. The first kappa shape index (κ1) is 13.9. The van der Waals surface area contributed by atoms with E-state index in [1.54, 1.807) is 16.8 Å². The van der Waals surface area contributed by atoms with E-state index in [0.717, 1.165) is 31.6 Å². The molecule has 1 saturated heterocycles. The number of nitrogen functional groups attached to an aromatic ring is 1. The molecule has 2 heterocycles. The molecule has 0 aliphatic carbocycles. The summed E-state index contributed by atoms with van der Waals surface area (Å²) < 4.78 is 20.5. The normalized spacial score (nSPS) is 17.8. The van der Waals surface area contributed by atoms with Gasteiger partial charge in [-0.25, -0.2) is 9.07 Å². The fourth-order valence-electron chi connectivity index (χ4n) is 2.74. The Balaban J connectivity index is 1.90. The number of hydrogen-bond donors (Lipinski definition) is 1. The number of aromatic nitrogens is 4. The Hall–Kier alpha value is -2.02. The third-order valence-electron chi connectivity index (χ3n) is 4.08. The molecular formula is C14H18FN5O. The molecule has 0 amide bonds. The predicted molar refractivity (Wildman–Crippen MR) is 75.9 cm³/mol. The number of ether oxygens (including phenoxy) is 1. The maximum Gasteiger partial charge on any atom is 0.182 e. The van der Waals surface area contributed by atoms with E-state index < -0.39 is 5.82 Å². The minimum absolute atomic E-state index is 0.0979. The summed E-state index contributed by atoms with van der Waals surface area (Å²) >= 11 is 0. The lowest BCUT2D eigenvalue weighted by atomic mass is 9.93.